The van der Waals surface area contributed by atoms with Crippen LogP contribution in [0.25, 0.3) is 0 Å². The Labute approximate surface area is 116 Å². The third-order valence-corrected chi connectivity index (χ3v) is 3.78. The number of benzene rings is 2. The largest absolute Gasteiger partial charge is 0.320 e. The monoisotopic (exact) mass is 270 g/mol. The van der Waals surface area contributed by atoms with Gasteiger partial charge in [-0.25, -0.2) is 4.39 Å². The van der Waals surface area contributed by atoms with Crippen LogP contribution in [0.2, 0.25) is 0 Å². The molecule has 1 amide bonds. The molecule has 1 aliphatic heterocycles. The fourth-order valence-electron chi connectivity index (χ4n) is 2.59. The summed E-state index contributed by atoms with van der Waals surface area (Å²) in [5.74, 6) is -0.245. The summed E-state index contributed by atoms with van der Waals surface area (Å²) in [4.78, 5) is 13.3. The fraction of sp³-hybridized carbons (Fsp3) is 0.188. The van der Waals surface area contributed by atoms with E-state index < -0.39 is 6.04 Å². The topological polar surface area (TPSA) is 46.3 Å². The van der Waals surface area contributed by atoms with Crippen LogP contribution >= 0.6 is 0 Å². The molecular formula is C16H15FN2O. The summed E-state index contributed by atoms with van der Waals surface area (Å²) >= 11 is 0. The maximum atomic E-state index is 13.8. The van der Waals surface area contributed by atoms with Gasteiger partial charge in [0.2, 0.25) is 5.91 Å². The average molecular weight is 270 g/mol. The van der Waals surface area contributed by atoms with E-state index in [1.807, 2.05) is 18.2 Å². The zero-order chi connectivity index (χ0) is 14.3. The first-order valence-corrected chi connectivity index (χ1v) is 6.47. The number of amides is 1. The number of hydrogen-bond acceptors (Lipinski definition) is 2. The van der Waals surface area contributed by atoms with E-state index in [1.54, 1.807) is 30.1 Å². The highest BCUT2D eigenvalue weighted by molar-refractivity contribution is 6.00. The van der Waals surface area contributed by atoms with Gasteiger partial charge in [0.25, 0.3) is 0 Å². The van der Waals surface area contributed by atoms with Crippen LogP contribution in [0.4, 0.5) is 10.1 Å². The zero-order valence-electron chi connectivity index (χ0n) is 11.1. The van der Waals surface area contributed by atoms with Crippen molar-refractivity contribution >= 4 is 11.6 Å². The summed E-state index contributed by atoms with van der Waals surface area (Å²) in [6.45, 7) is 0. The molecule has 3 rings (SSSR count). The number of nitrogens with two attached hydrogens (primary N) is 1. The smallest absolute Gasteiger partial charge is 0.231 e. The predicted octanol–water partition coefficient (Wildman–Crippen LogP) is 2.39. The molecule has 0 aliphatic carbocycles. The van der Waals surface area contributed by atoms with Crippen molar-refractivity contribution in [3.8, 4) is 0 Å². The molecule has 4 heteroatoms. The number of fused-ring (bicyclic) bond motifs is 1. The van der Waals surface area contributed by atoms with Crippen molar-refractivity contribution in [3.05, 3.63) is 65.0 Å². The fourth-order valence-corrected chi connectivity index (χ4v) is 2.59. The van der Waals surface area contributed by atoms with E-state index in [0.29, 0.717) is 12.0 Å². The molecule has 0 saturated carbocycles. The van der Waals surface area contributed by atoms with Gasteiger partial charge in [-0.1, -0.05) is 30.3 Å². The van der Waals surface area contributed by atoms with E-state index >= 15 is 0 Å². The molecule has 2 aromatic carbocycles. The van der Waals surface area contributed by atoms with E-state index in [4.69, 9.17) is 5.73 Å². The van der Waals surface area contributed by atoms with Gasteiger partial charge in [0.1, 0.15) is 5.82 Å². The van der Waals surface area contributed by atoms with Crippen LogP contribution in [0.5, 0.6) is 0 Å². The molecule has 1 atom stereocenters. The van der Waals surface area contributed by atoms with Crippen molar-refractivity contribution in [1.82, 2.24) is 0 Å². The molecule has 1 aliphatic rings. The van der Waals surface area contributed by atoms with Gasteiger partial charge in [0.15, 0.2) is 0 Å². The summed E-state index contributed by atoms with van der Waals surface area (Å²) in [5.41, 5.74) is 9.27. The first-order valence-electron chi connectivity index (χ1n) is 6.47. The van der Waals surface area contributed by atoms with Gasteiger partial charge < -0.3 is 10.6 Å². The molecule has 0 aromatic heterocycles. The minimum atomic E-state index is -0.525. The maximum Gasteiger partial charge on any atom is 0.231 e. The lowest BCUT2D eigenvalue weighted by Gasteiger charge is -2.15. The summed E-state index contributed by atoms with van der Waals surface area (Å²) in [6.07, 6.45) is 0.379. The van der Waals surface area contributed by atoms with Gasteiger partial charge in [0.05, 0.1) is 12.5 Å². The van der Waals surface area contributed by atoms with Gasteiger partial charge in [-0.15, -0.1) is 0 Å². The number of carbonyl (C=O) groups excluding carboxylic acids is 1. The summed E-state index contributed by atoms with van der Waals surface area (Å²) in [5, 5.41) is 0. The van der Waals surface area contributed by atoms with Crippen LogP contribution in [0.3, 0.4) is 0 Å². The highest BCUT2D eigenvalue weighted by Crippen LogP contribution is 2.31. The van der Waals surface area contributed by atoms with Crippen LogP contribution in [0.15, 0.2) is 42.5 Å². The molecule has 0 bridgehead atoms. The van der Waals surface area contributed by atoms with Crippen molar-refractivity contribution in [2.75, 3.05) is 11.9 Å². The molecule has 20 heavy (non-hydrogen) atoms. The van der Waals surface area contributed by atoms with Crippen LogP contribution < -0.4 is 10.6 Å². The lowest BCUT2D eigenvalue weighted by Crippen LogP contribution is -2.20. The van der Waals surface area contributed by atoms with Gasteiger partial charge in [-0.05, 0) is 23.3 Å². The Morgan fingerprint density at radius 2 is 2.00 bits per heavy atom. The van der Waals surface area contributed by atoms with Crippen LogP contribution in [-0.4, -0.2) is 13.0 Å². The molecule has 3 nitrogen and oxygen atoms in total. The molecule has 2 N–H and O–H groups in total. The lowest BCUT2D eigenvalue weighted by atomic mass is 9.97. The van der Waals surface area contributed by atoms with E-state index in [0.717, 1.165) is 16.8 Å². The normalized spacial score (nSPS) is 15.3. The molecule has 102 valence electrons. The van der Waals surface area contributed by atoms with Gasteiger partial charge in [0, 0.05) is 18.3 Å². The maximum absolute atomic E-state index is 13.8. The molecule has 0 fully saturated rings. The Bertz CT molecular complexity index is 684. The first-order chi connectivity index (χ1) is 9.58. The number of carbonyl (C=O) groups is 1. The second-order valence-corrected chi connectivity index (χ2v) is 5.02. The Balaban J connectivity index is 1.99. The number of rotatable bonds is 2. The molecule has 1 heterocycles. The van der Waals surface area contributed by atoms with E-state index in [1.165, 1.54) is 6.07 Å². The van der Waals surface area contributed by atoms with Crippen molar-refractivity contribution < 1.29 is 9.18 Å². The van der Waals surface area contributed by atoms with Crippen molar-refractivity contribution in [2.24, 2.45) is 5.73 Å². The SMILES string of the molecule is CN1C(=O)Cc2cc(C(N)c3ccccc3F)ccc21. The third-order valence-electron chi connectivity index (χ3n) is 3.78. The molecule has 0 spiro atoms. The van der Waals surface area contributed by atoms with Crippen molar-refractivity contribution in [1.29, 1.82) is 0 Å². The average Bonchev–Trinajstić information content (AvgIpc) is 2.73. The van der Waals surface area contributed by atoms with Gasteiger partial charge in [-0.3, -0.25) is 4.79 Å². The van der Waals surface area contributed by atoms with Crippen molar-refractivity contribution in [3.63, 3.8) is 0 Å². The van der Waals surface area contributed by atoms with Crippen molar-refractivity contribution in [2.45, 2.75) is 12.5 Å². The summed E-state index contributed by atoms with van der Waals surface area (Å²) in [6, 6.07) is 11.6. The second-order valence-electron chi connectivity index (χ2n) is 5.02. The van der Waals surface area contributed by atoms with Crippen LogP contribution in [-0.2, 0) is 11.2 Å². The Hall–Kier alpha value is -2.20. The number of halogens is 1. The highest BCUT2D eigenvalue weighted by Gasteiger charge is 2.25. The number of hydrogen-bond donors (Lipinski definition) is 1. The predicted molar refractivity (Wildman–Crippen MR) is 76.0 cm³/mol. The minimum absolute atomic E-state index is 0.0663. The number of anilines is 1. The molecular weight excluding hydrogens is 255 g/mol. The van der Waals surface area contributed by atoms with E-state index in [9.17, 15) is 9.18 Å². The van der Waals surface area contributed by atoms with E-state index in [-0.39, 0.29) is 11.7 Å². The Morgan fingerprint density at radius 3 is 2.75 bits per heavy atom. The highest BCUT2D eigenvalue weighted by atomic mass is 19.1. The first kappa shape index (κ1) is 12.8. The summed E-state index contributed by atoms with van der Waals surface area (Å²) < 4.78 is 13.8. The van der Waals surface area contributed by atoms with Gasteiger partial charge in [-0.2, -0.15) is 0 Å². The van der Waals surface area contributed by atoms with Gasteiger partial charge >= 0.3 is 0 Å². The summed E-state index contributed by atoms with van der Waals surface area (Å²) in [7, 11) is 1.75. The number of likely N-dealkylation sites (N-methyl/N-ethyl adjacent to an activating group) is 1. The standard InChI is InChI=1S/C16H15FN2O/c1-19-14-7-6-10(8-11(14)9-15(19)20)16(18)12-4-2-3-5-13(12)17/h2-8,16H,9,18H2,1H3. The quantitative estimate of drug-likeness (QED) is 0.910. The second kappa shape index (κ2) is 4.72. The third kappa shape index (κ3) is 1.98. The van der Waals surface area contributed by atoms with Crippen LogP contribution in [0, 0.1) is 5.82 Å². The zero-order valence-corrected chi connectivity index (χ0v) is 11.1. The molecule has 0 saturated heterocycles. The molecule has 0 radical (unpaired) electrons. The Kier molecular flexibility index (Phi) is 3.03. The number of nitrogens with zero attached hydrogens (tertiary/aromatic N) is 1. The lowest BCUT2D eigenvalue weighted by molar-refractivity contribution is -0.117. The Morgan fingerprint density at radius 1 is 1.25 bits per heavy atom. The van der Waals surface area contributed by atoms with E-state index in [2.05, 4.69) is 0 Å². The molecule has 2 aromatic rings. The minimum Gasteiger partial charge on any atom is -0.320 e. The van der Waals surface area contributed by atoms with Crippen LogP contribution in [0.1, 0.15) is 22.7 Å². The molecule has 1 unspecified atom stereocenters.